The number of benzene rings is 1. The van der Waals surface area contributed by atoms with Crippen LogP contribution in [0.5, 0.6) is 0 Å². The Kier molecular flexibility index (Phi) is 4.95. The normalized spacial score (nSPS) is 41.6. The predicted octanol–water partition coefficient (Wildman–Crippen LogP) is 7.70. The molecule has 0 N–H and O–H groups in total. The smallest absolute Gasteiger partial charge is 0.294 e. The van der Waals surface area contributed by atoms with Crippen molar-refractivity contribution in [3.8, 4) is 0 Å². The van der Waals surface area contributed by atoms with Crippen molar-refractivity contribution >= 4 is 11.9 Å². The molecule has 4 fully saturated rings. The van der Waals surface area contributed by atoms with E-state index in [9.17, 15) is 18.0 Å². The number of fused-ring (bicyclic) bond motifs is 5. The topological polar surface area (TPSA) is 17.1 Å². The number of Topliss-reactive ketones (excluding diaryl/α,β-unsaturated/α-hetero) is 1. The Morgan fingerprint density at radius 3 is 2.39 bits per heavy atom. The first kappa shape index (κ1) is 21.3. The first-order chi connectivity index (χ1) is 14.6. The van der Waals surface area contributed by atoms with Crippen LogP contribution in [0.15, 0.2) is 29.8 Å². The molecule has 0 radical (unpaired) electrons. The molecule has 0 aliphatic heterocycles. The van der Waals surface area contributed by atoms with Gasteiger partial charge in [-0.2, -0.15) is 13.2 Å². The summed E-state index contributed by atoms with van der Waals surface area (Å²) in [7, 11) is 0. The lowest BCUT2D eigenvalue weighted by molar-refractivity contribution is -0.138. The fraction of sp³-hybridized carbons (Fsp3) is 0.667. The molecular formula is C27H33F3O. The molecule has 31 heavy (non-hydrogen) atoms. The molecule has 0 spiro atoms. The zero-order chi connectivity index (χ0) is 22.0. The van der Waals surface area contributed by atoms with Crippen molar-refractivity contribution in [2.24, 2.45) is 34.5 Å². The number of hydrogen-bond acceptors (Lipinski definition) is 1. The highest BCUT2D eigenvalue weighted by Crippen LogP contribution is 2.66. The van der Waals surface area contributed by atoms with Crippen LogP contribution in [0.2, 0.25) is 0 Å². The molecule has 5 rings (SSSR count). The molecule has 4 saturated carbocycles. The Balaban J connectivity index is 1.42. The second kappa shape index (κ2) is 7.22. The van der Waals surface area contributed by atoms with Crippen LogP contribution in [0.25, 0.3) is 6.08 Å². The van der Waals surface area contributed by atoms with Gasteiger partial charge < -0.3 is 0 Å². The van der Waals surface area contributed by atoms with Crippen LogP contribution in [-0.4, -0.2) is 5.78 Å². The Labute approximate surface area is 183 Å². The van der Waals surface area contributed by atoms with Gasteiger partial charge in [0.2, 0.25) is 0 Å². The predicted molar refractivity (Wildman–Crippen MR) is 116 cm³/mol. The van der Waals surface area contributed by atoms with E-state index in [1.165, 1.54) is 50.7 Å². The largest absolute Gasteiger partial charge is 0.416 e. The third kappa shape index (κ3) is 3.31. The Morgan fingerprint density at radius 2 is 1.68 bits per heavy atom. The van der Waals surface area contributed by atoms with E-state index in [1.807, 2.05) is 6.08 Å². The number of carbonyl (C=O) groups excluding carboxylic acids is 1. The molecule has 4 aliphatic carbocycles. The molecule has 0 bridgehead atoms. The summed E-state index contributed by atoms with van der Waals surface area (Å²) < 4.78 is 38.6. The Bertz CT molecular complexity index is 898. The Hall–Kier alpha value is -1.58. The van der Waals surface area contributed by atoms with Crippen LogP contribution >= 0.6 is 0 Å². The zero-order valence-electron chi connectivity index (χ0n) is 18.6. The van der Waals surface area contributed by atoms with Crippen LogP contribution in [0, 0.1) is 34.5 Å². The average molecular weight is 431 g/mol. The van der Waals surface area contributed by atoms with Crippen LogP contribution in [0.1, 0.15) is 82.8 Å². The van der Waals surface area contributed by atoms with E-state index in [2.05, 4.69) is 13.8 Å². The quantitative estimate of drug-likeness (QED) is 0.417. The average Bonchev–Trinajstić information content (AvgIpc) is 2.98. The van der Waals surface area contributed by atoms with Gasteiger partial charge in [-0.15, -0.1) is 0 Å². The fourth-order valence-corrected chi connectivity index (χ4v) is 8.06. The summed E-state index contributed by atoms with van der Waals surface area (Å²) in [6, 6.07) is 5.21. The van der Waals surface area contributed by atoms with Crippen LogP contribution in [0.4, 0.5) is 13.2 Å². The number of carbonyl (C=O) groups is 1. The molecule has 0 saturated heterocycles. The molecule has 6 atom stereocenters. The maximum atomic E-state index is 13.5. The lowest BCUT2D eigenvalue weighted by atomic mass is 9.45. The van der Waals surface area contributed by atoms with Gasteiger partial charge in [0.25, 0.3) is 0 Å². The van der Waals surface area contributed by atoms with Crippen molar-refractivity contribution in [1.82, 2.24) is 0 Å². The van der Waals surface area contributed by atoms with E-state index < -0.39 is 11.7 Å². The van der Waals surface area contributed by atoms with Gasteiger partial charge in [-0.1, -0.05) is 38.8 Å². The maximum Gasteiger partial charge on any atom is 0.416 e. The number of hydrogen-bond donors (Lipinski definition) is 0. The molecule has 1 aromatic carbocycles. The SMILES string of the molecule is C[C@]12CCCC[C@@H]1CC[C@@H]1[C@@H]2CC[C@]2(C)C(=O)/C(=C/c3ccc(C(F)(F)F)cc3)C[C@@H]12. The molecule has 0 aromatic heterocycles. The minimum Gasteiger partial charge on any atom is -0.294 e. The first-order valence-electron chi connectivity index (χ1n) is 12.1. The first-order valence-corrected chi connectivity index (χ1v) is 12.1. The minimum absolute atomic E-state index is 0.242. The van der Waals surface area contributed by atoms with Gasteiger partial charge in [0.1, 0.15) is 0 Å². The van der Waals surface area contributed by atoms with Gasteiger partial charge in [-0.25, -0.2) is 0 Å². The number of rotatable bonds is 1. The summed E-state index contributed by atoms with van der Waals surface area (Å²) in [6.07, 6.45) is 8.40. The molecule has 1 nitrogen and oxygen atoms in total. The summed E-state index contributed by atoms with van der Waals surface area (Å²) in [5.74, 6) is 2.82. The van der Waals surface area contributed by atoms with E-state index in [0.717, 1.165) is 48.8 Å². The standard InChI is InChI=1S/C27H33F3O/c1-25-13-4-3-5-19(25)10-11-21-22(25)12-14-26(2)23(21)16-18(24(26)31)15-17-6-8-20(9-7-17)27(28,29)30/h6-9,15,19,21-23H,3-5,10-14,16H2,1-2H3/b18-15+/t19-,21-,22+,23+,25+,26+/m1/s1. The number of halogens is 3. The third-order valence-electron chi connectivity index (χ3n) is 9.80. The Morgan fingerprint density at radius 1 is 0.935 bits per heavy atom. The highest BCUT2D eigenvalue weighted by atomic mass is 19.4. The second-order valence-electron chi connectivity index (χ2n) is 11.2. The summed E-state index contributed by atoms with van der Waals surface area (Å²) in [4.78, 5) is 13.5. The van der Waals surface area contributed by atoms with Gasteiger partial charge in [0.15, 0.2) is 5.78 Å². The van der Waals surface area contributed by atoms with E-state index >= 15 is 0 Å². The molecule has 0 heterocycles. The molecule has 168 valence electrons. The lowest BCUT2D eigenvalue weighted by Gasteiger charge is -2.59. The van der Waals surface area contributed by atoms with E-state index in [0.29, 0.717) is 22.8 Å². The van der Waals surface area contributed by atoms with Crippen LogP contribution in [0.3, 0.4) is 0 Å². The summed E-state index contributed by atoms with van der Waals surface area (Å²) in [6.45, 7) is 4.70. The molecule has 4 heteroatoms. The summed E-state index contributed by atoms with van der Waals surface area (Å²) in [5, 5.41) is 0. The summed E-state index contributed by atoms with van der Waals surface area (Å²) >= 11 is 0. The molecular weight excluding hydrogens is 397 g/mol. The van der Waals surface area contributed by atoms with E-state index in [4.69, 9.17) is 0 Å². The molecule has 4 aliphatic rings. The van der Waals surface area contributed by atoms with Crippen molar-refractivity contribution in [1.29, 1.82) is 0 Å². The molecule has 0 amide bonds. The zero-order valence-corrected chi connectivity index (χ0v) is 18.6. The molecule has 1 aromatic rings. The van der Waals surface area contributed by atoms with E-state index in [1.54, 1.807) is 0 Å². The van der Waals surface area contributed by atoms with Crippen molar-refractivity contribution in [2.75, 3.05) is 0 Å². The van der Waals surface area contributed by atoms with Gasteiger partial charge in [0.05, 0.1) is 5.56 Å². The highest BCUT2D eigenvalue weighted by Gasteiger charge is 2.60. The van der Waals surface area contributed by atoms with Crippen molar-refractivity contribution < 1.29 is 18.0 Å². The van der Waals surface area contributed by atoms with E-state index in [-0.39, 0.29) is 11.2 Å². The number of alkyl halides is 3. The van der Waals surface area contributed by atoms with Gasteiger partial charge in [-0.05, 0) is 103 Å². The van der Waals surface area contributed by atoms with Gasteiger partial charge >= 0.3 is 6.18 Å². The third-order valence-corrected chi connectivity index (χ3v) is 9.80. The maximum absolute atomic E-state index is 13.5. The minimum atomic E-state index is -4.33. The van der Waals surface area contributed by atoms with Crippen molar-refractivity contribution in [2.45, 2.75) is 77.8 Å². The van der Waals surface area contributed by atoms with Crippen LogP contribution < -0.4 is 0 Å². The lowest BCUT2D eigenvalue weighted by Crippen LogP contribution is -2.52. The number of ketones is 1. The fourth-order valence-electron chi connectivity index (χ4n) is 8.06. The van der Waals surface area contributed by atoms with Crippen molar-refractivity contribution in [3.63, 3.8) is 0 Å². The number of allylic oxidation sites excluding steroid dienone is 1. The van der Waals surface area contributed by atoms with Crippen molar-refractivity contribution in [3.05, 3.63) is 41.0 Å². The monoisotopic (exact) mass is 430 g/mol. The second-order valence-corrected chi connectivity index (χ2v) is 11.2. The molecule has 0 unspecified atom stereocenters. The van der Waals surface area contributed by atoms with Crippen LogP contribution in [-0.2, 0) is 11.0 Å². The van der Waals surface area contributed by atoms with Gasteiger partial charge in [-0.3, -0.25) is 4.79 Å². The van der Waals surface area contributed by atoms with Gasteiger partial charge in [0, 0.05) is 5.41 Å². The highest BCUT2D eigenvalue weighted by molar-refractivity contribution is 6.05. The summed E-state index contributed by atoms with van der Waals surface area (Å²) in [5.41, 5.74) is 1.01.